The summed E-state index contributed by atoms with van der Waals surface area (Å²) in [7, 11) is 0. The van der Waals surface area contributed by atoms with Gasteiger partial charge in [-0.25, -0.2) is 0 Å². The monoisotopic (exact) mass is 309 g/mol. The molecule has 3 rings (SSSR count). The van der Waals surface area contributed by atoms with Crippen LogP contribution in [0.25, 0.3) is 0 Å². The van der Waals surface area contributed by atoms with Crippen LogP contribution in [0, 0.1) is 0 Å². The van der Waals surface area contributed by atoms with E-state index in [0.717, 1.165) is 37.7 Å². The molecule has 21 heavy (non-hydrogen) atoms. The molecule has 2 amide bonds. The van der Waals surface area contributed by atoms with Crippen LogP contribution in [0.5, 0.6) is 0 Å². The van der Waals surface area contributed by atoms with E-state index in [-0.39, 0.29) is 17.9 Å². The molecule has 2 saturated heterocycles. The molecule has 6 heteroatoms. The van der Waals surface area contributed by atoms with Crippen LogP contribution in [0.2, 0.25) is 5.02 Å². The third kappa shape index (κ3) is 3.43. The zero-order chi connectivity index (χ0) is 14.8. The van der Waals surface area contributed by atoms with Gasteiger partial charge in [-0.2, -0.15) is 0 Å². The Hall–Kier alpha value is -1.43. The van der Waals surface area contributed by atoms with Crippen molar-refractivity contribution in [2.24, 2.45) is 0 Å². The van der Waals surface area contributed by atoms with Crippen LogP contribution in [0.4, 0.5) is 0 Å². The molecule has 0 bridgehead atoms. The zero-order valence-electron chi connectivity index (χ0n) is 11.8. The van der Waals surface area contributed by atoms with Gasteiger partial charge < -0.3 is 9.80 Å². The van der Waals surface area contributed by atoms with E-state index in [1.54, 1.807) is 0 Å². The highest BCUT2D eigenvalue weighted by Crippen LogP contribution is 2.08. The van der Waals surface area contributed by atoms with Crippen LogP contribution in [0.15, 0.2) is 24.3 Å². The predicted molar refractivity (Wildman–Crippen MR) is 78.1 cm³/mol. The first-order valence-electron chi connectivity index (χ1n) is 7.38. The fourth-order valence-electron chi connectivity index (χ4n) is 3.22. The van der Waals surface area contributed by atoms with Gasteiger partial charge in [-0.05, 0) is 12.1 Å². The summed E-state index contributed by atoms with van der Waals surface area (Å²) in [5.41, 5.74) is 1.28. The van der Waals surface area contributed by atoms with E-state index in [1.807, 2.05) is 12.1 Å². The van der Waals surface area contributed by atoms with Crippen LogP contribution in [0.1, 0.15) is 12.0 Å². The Morgan fingerprint density at radius 2 is 1.76 bits per heavy atom. The van der Waals surface area contributed by atoms with Gasteiger partial charge in [0, 0.05) is 10.6 Å². The molecule has 0 aromatic heterocycles. The molecule has 0 aliphatic carbocycles. The Kier molecular flexibility index (Phi) is 4.24. The maximum absolute atomic E-state index is 11.7. The van der Waals surface area contributed by atoms with E-state index < -0.39 is 0 Å². The maximum Gasteiger partial charge on any atom is 0.285 e. The first kappa shape index (κ1) is 14.5. The van der Waals surface area contributed by atoms with Gasteiger partial charge in [0.2, 0.25) is 5.91 Å². The molecule has 0 unspecified atom stereocenters. The fraction of sp³-hybridized carbons (Fsp3) is 0.467. The number of amides is 2. The second kappa shape index (κ2) is 6.13. The van der Waals surface area contributed by atoms with Crippen LogP contribution < -0.4 is 15.1 Å². The number of rotatable bonds is 3. The summed E-state index contributed by atoms with van der Waals surface area (Å²) < 4.78 is 0. The predicted octanol–water partition coefficient (Wildman–Crippen LogP) is -1.96. The minimum Gasteiger partial charge on any atom is -0.322 e. The van der Waals surface area contributed by atoms with Gasteiger partial charge in [0.15, 0.2) is 6.04 Å². The number of piperazine rings is 1. The molecule has 112 valence electrons. The normalized spacial score (nSPS) is 29.5. The fourth-order valence-corrected chi connectivity index (χ4v) is 3.35. The van der Waals surface area contributed by atoms with E-state index in [4.69, 9.17) is 11.6 Å². The van der Waals surface area contributed by atoms with Crippen molar-refractivity contribution in [1.82, 2.24) is 5.32 Å². The second-order valence-corrected chi connectivity index (χ2v) is 6.32. The zero-order valence-corrected chi connectivity index (χ0v) is 12.6. The van der Waals surface area contributed by atoms with Crippen molar-refractivity contribution in [2.45, 2.75) is 19.0 Å². The minimum atomic E-state index is -0.172. The summed E-state index contributed by atoms with van der Waals surface area (Å²) >= 11 is 5.90. The van der Waals surface area contributed by atoms with E-state index in [2.05, 4.69) is 17.4 Å². The number of hydrogen-bond donors (Lipinski definition) is 3. The Labute approximate surface area is 128 Å². The van der Waals surface area contributed by atoms with Crippen molar-refractivity contribution in [1.29, 1.82) is 0 Å². The Bertz CT molecular complexity index is 538. The SMILES string of the molecule is O=C1C[C@@H]([NH+]2CC[NH+](Cc3ccc(Cl)cc3)CC2)C(=O)N1. The molecular formula is C15H20ClN3O2+2. The molecule has 2 aliphatic rings. The molecular weight excluding hydrogens is 290 g/mol. The van der Waals surface area contributed by atoms with E-state index in [0.29, 0.717) is 6.42 Å². The molecule has 0 spiro atoms. The first-order valence-corrected chi connectivity index (χ1v) is 7.76. The van der Waals surface area contributed by atoms with E-state index in [9.17, 15) is 9.59 Å². The van der Waals surface area contributed by atoms with E-state index >= 15 is 0 Å². The smallest absolute Gasteiger partial charge is 0.285 e. The van der Waals surface area contributed by atoms with Gasteiger partial charge in [-0.15, -0.1) is 0 Å². The first-order chi connectivity index (χ1) is 10.1. The topological polar surface area (TPSA) is 55.1 Å². The van der Waals surface area contributed by atoms with Gasteiger partial charge in [-0.3, -0.25) is 14.9 Å². The Balaban J connectivity index is 1.52. The van der Waals surface area contributed by atoms with Gasteiger partial charge in [0.05, 0.1) is 6.42 Å². The van der Waals surface area contributed by atoms with Gasteiger partial charge in [0.1, 0.15) is 32.7 Å². The van der Waals surface area contributed by atoms with Crippen LogP contribution in [-0.4, -0.2) is 44.0 Å². The molecule has 3 N–H and O–H groups in total. The number of carbonyl (C=O) groups excluding carboxylic acids is 2. The van der Waals surface area contributed by atoms with E-state index in [1.165, 1.54) is 15.4 Å². The van der Waals surface area contributed by atoms with Crippen LogP contribution >= 0.6 is 11.6 Å². The second-order valence-electron chi connectivity index (χ2n) is 5.88. The van der Waals surface area contributed by atoms with Gasteiger partial charge >= 0.3 is 0 Å². The third-order valence-corrected chi connectivity index (χ3v) is 4.68. The molecule has 2 fully saturated rings. The van der Waals surface area contributed by atoms with Gasteiger partial charge in [-0.1, -0.05) is 23.7 Å². The molecule has 2 heterocycles. The van der Waals surface area contributed by atoms with Crippen molar-refractivity contribution in [2.75, 3.05) is 26.2 Å². The number of imide groups is 1. The lowest BCUT2D eigenvalue weighted by Gasteiger charge is -2.31. The van der Waals surface area contributed by atoms with Crippen molar-refractivity contribution in [3.05, 3.63) is 34.9 Å². The number of hydrogen-bond acceptors (Lipinski definition) is 2. The summed E-state index contributed by atoms with van der Waals surface area (Å²) in [6.45, 7) is 4.91. The number of carbonyl (C=O) groups is 2. The molecule has 1 aromatic rings. The largest absolute Gasteiger partial charge is 0.322 e. The standard InChI is InChI=1S/C15H18ClN3O2/c16-12-3-1-11(2-4-12)10-18-5-7-19(8-6-18)13-9-14(20)17-15(13)21/h1-4,13H,5-10H2,(H,17,20,21)/p+2/t13-/m1/s1. The average Bonchev–Trinajstić information content (AvgIpc) is 2.81. The van der Waals surface area contributed by atoms with Crippen LogP contribution in [-0.2, 0) is 16.1 Å². The van der Waals surface area contributed by atoms with Gasteiger partial charge in [0.25, 0.3) is 5.91 Å². The number of halogens is 1. The average molecular weight is 310 g/mol. The molecule has 1 aromatic carbocycles. The maximum atomic E-state index is 11.7. The Morgan fingerprint density at radius 1 is 1.10 bits per heavy atom. The highest BCUT2D eigenvalue weighted by molar-refractivity contribution is 6.30. The molecule has 5 nitrogen and oxygen atoms in total. The Morgan fingerprint density at radius 3 is 2.33 bits per heavy atom. The van der Waals surface area contributed by atoms with Crippen molar-refractivity contribution in [3.8, 4) is 0 Å². The number of benzene rings is 1. The van der Waals surface area contributed by atoms with Crippen LogP contribution in [0.3, 0.4) is 0 Å². The molecule has 1 atom stereocenters. The summed E-state index contributed by atoms with van der Waals surface area (Å²) in [5.74, 6) is -0.232. The molecule has 2 aliphatic heterocycles. The summed E-state index contributed by atoms with van der Waals surface area (Å²) in [6, 6.07) is 7.81. The lowest BCUT2D eigenvalue weighted by Crippen LogP contribution is -3.29. The summed E-state index contributed by atoms with van der Waals surface area (Å²) in [5, 5.41) is 3.17. The quantitative estimate of drug-likeness (QED) is 0.568. The van der Waals surface area contributed by atoms with Crippen molar-refractivity contribution >= 4 is 23.4 Å². The van der Waals surface area contributed by atoms with Crippen molar-refractivity contribution in [3.63, 3.8) is 0 Å². The third-order valence-electron chi connectivity index (χ3n) is 4.43. The highest BCUT2D eigenvalue weighted by Gasteiger charge is 2.40. The van der Waals surface area contributed by atoms with Crippen molar-refractivity contribution < 1.29 is 19.4 Å². The molecule has 0 saturated carbocycles. The highest BCUT2D eigenvalue weighted by atomic mass is 35.5. The molecule has 0 radical (unpaired) electrons. The number of nitrogens with one attached hydrogen (secondary N) is 3. The summed E-state index contributed by atoms with van der Waals surface area (Å²) in [4.78, 5) is 25.8. The number of quaternary nitrogens is 2. The lowest BCUT2D eigenvalue weighted by atomic mass is 10.1. The summed E-state index contributed by atoms with van der Waals surface area (Å²) in [6.07, 6.45) is 0.348. The minimum absolute atomic E-state index is 0.101. The lowest BCUT2D eigenvalue weighted by molar-refractivity contribution is -1.02.